The number of anilines is 1. The summed E-state index contributed by atoms with van der Waals surface area (Å²) in [5, 5.41) is 9.08. The summed E-state index contributed by atoms with van der Waals surface area (Å²) < 4.78 is 16.8. The van der Waals surface area contributed by atoms with Gasteiger partial charge in [0, 0.05) is 25.4 Å². The number of nitrogens with zero attached hydrogens (tertiary/aromatic N) is 3. The van der Waals surface area contributed by atoms with Crippen molar-refractivity contribution in [3.8, 4) is 28.6 Å². The Hall–Kier alpha value is -3.81. The van der Waals surface area contributed by atoms with Gasteiger partial charge in [0.05, 0.1) is 13.0 Å². The van der Waals surface area contributed by atoms with Gasteiger partial charge >= 0.3 is 5.97 Å². The molecule has 2 aliphatic rings. The molecule has 3 aromatic rings. The van der Waals surface area contributed by atoms with Crippen molar-refractivity contribution in [3.63, 3.8) is 0 Å². The number of aliphatic carboxylic acids is 1. The van der Waals surface area contributed by atoms with Crippen LogP contribution in [0, 0.1) is 0 Å². The van der Waals surface area contributed by atoms with Crippen LogP contribution in [0.2, 0.25) is 0 Å². The zero-order valence-electron chi connectivity index (χ0n) is 19.1. The maximum atomic E-state index is 11.0. The number of fused-ring (bicyclic) bond motifs is 2. The van der Waals surface area contributed by atoms with Gasteiger partial charge in [0.15, 0.2) is 17.3 Å². The predicted octanol–water partition coefficient (Wildman–Crippen LogP) is 4.28. The first kappa shape index (κ1) is 22.0. The highest BCUT2D eigenvalue weighted by atomic mass is 16.7. The van der Waals surface area contributed by atoms with Crippen molar-refractivity contribution in [1.82, 2.24) is 9.97 Å². The quantitative estimate of drug-likeness (QED) is 0.472. The van der Waals surface area contributed by atoms with Crippen LogP contribution in [-0.4, -0.2) is 48.0 Å². The van der Waals surface area contributed by atoms with Crippen LogP contribution in [0.5, 0.6) is 17.2 Å². The van der Waals surface area contributed by atoms with E-state index in [0.29, 0.717) is 18.2 Å². The third-order valence-corrected chi connectivity index (χ3v) is 6.31. The van der Waals surface area contributed by atoms with Crippen LogP contribution in [0.1, 0.15) is 36.3 Å². The zero-order chi connectivity index (χ0) is 23.5. The van der Waals surface area contributed by atoms with E-state index in [2.05, 4.69) is 16.0 Å². The van der Waals surface area contributed by atoms with Crippen molar-refractivity contribution >= 4 is 11.8 Å². The fraction of sp³-hybridized carbons (Fsp3) is 0.346. The molecular weight excluding hydrogens is 434 g/mol. The van der Waals surface area contributed by atoms with Crippen LogP contribution < -0.4 is 19.1 Å². The summed E-state index contributed by atoms with van der Waals surface area (Å²) in [4.78, 5) is 22.3. The Morgan fingerprint density at radius 1 is 1.18 bits per heavy atom. The fourth-order valence-corrected chi connectivity index (χ4v) is 4.54. The van der Waals surface area contributed by atoms with Gasteiger partial charge in [-0.05, 0) is 72.7 Å². The van der Waals surface area contributed by atoms with Gasteiger partial charge in [-0.2, -0.15) is 0 Å². The van der Waals surface area contributed by atoms with Crippen molar-refractivity contribution in [2.45, 2.75) is 31.6 Å². The van der Waals surface area contributed by atoms with Crippen molar-refractivity contribution < 1.29 is 24.1 Å². The second-order valence-electron chi connectivity index (χ2n) is 8.62. The van der Waals surface area contributed by atoms with Gasteiger partial charge in [0.1, 0.15) is 11.6 Å². The van der Waals surface area contributed by atoms with Gasteiger partial charge in [-0.25, -0.2) is 9.97 Å². The number of rotatable bonds is 9. The lowest BCUT2D eigenvalue weighted by atomic mass is 9.98. The topological polar surface area (TPSA) is 94.0 Å². The van der Waals surface area contributed by atoms with Crippen LogP contribution >= 0.6 is 0 Å². The molecule has 2 heterocycles. The van der Waals surface area contributed by atoms with E-state index in [9.17, 15) is 4.79 Å². The number of hydrogen-bond acceptors (Lipinski definition) is 7. The normalized spacial score (nSPS) is 15.7. The molecule has 176 valence electrons. The zero-order valence-corrected chi connectivity index (χ0v) is 19.1. The number of aryl methyl sites for hydroxylation is 1. The third kappa shape index (κ3) is 4.76. The van der Waals surface area contributed by atoms with E-state index >= 15 is 0 Å². The Labute approximate surface area is 198 Å². The van der Waals surface area contributed by atoms with Crippen LogP contribution in [0.4, 0.5) is 5.82 Å². The van der Waals surface area contributed by atoms with Crippen molar-refractivity contribution in [2.24, 2.45) is 0 Å². The first-order valence-electron chi connectivity index (χ1n) is 11.5. The monoisotopic (exact) mass is 461 g/mol. The lowest BCUT2D eigenvalue weighted by molar-refractivity contribution is -0.137. The molecule has 0 bridgehead atoms. The second-order valence-corrected chi connectivity index (χ2v) is 8.62. The highest BCUT2D eigenvalue weighted by molar-refractivity contribution is 5.68. The molecule has 8 heteroatoms. The number of carboxylic acids is 1. The van der Waals surface area contributed by atoms with E-state index in [1.165, 1.54) is 5.56 Å². The fourth-order valence-electron chi connectivity index (χ4n) is 4.54. The van der Waals surface area contributed by atoms with E-state index in [4.69, 9.17) is 24.3 Å². The maximum Gasteiger partial charge on any atom is 0.303 e. The second kappa shape index (κ2) is 9.59. The standard InChI is InChI=1S/C26H27N3O5/c1-29(24-9-10-27-26(28-24)19-5-8-22-23(14-19)34-16-33-22)11-2-12-32-20-6-7-21-17(13-20)3-4-18(21)15-25(30)31/h5-10,13-14,18H,2-4,11-12,15-16H2,1H3,(H,30,31)/t18-/m0/s1. The number of carbonyl (C=O) groups is 1. The molecule has 0 spiro atoms. The summed E-state index contributed by atoms with van der Waals surface area (Å²) in [5.41, 5.74) is 3.24. The summed E-state index contributed by atoms with van der Waals surface area (Å²) in [6.07, 6.45) is 4.59. The smallest absolute Gasteiger partial charge is 0.303 e. The summed E-state index contributed by atoms with van der Waals surface area (Å²) in [6.45, 7) is 1.60. The molecule has 0 saturated carbocycles. The van der Waals surface area contributed by atoms with Crippen molar-refractivity contribution in [3.05, 3.63) is 59.8 Å². The Bertz CT molecular complexity index is 1200. The largest absolute Gasteiger partial charge is 0.494 e. The van der Waals surface area contributed by atoms with Gasteiger partial charge in [0.2, 0.25) is 6.79 Å². The number of ether oxygens (including phenoxy) is 3. The minimum absolute atomic E-state index is 0.116. The van der Waals surface area contributed by atoms with E-state index in [0.717, 1.165) is 54.3 Å². The Balaban J connectivity index is 1.14. The highest BCUT2D eigenvalue weighted by Gasteiger charge is 2.25. The lowest BCUT2D eigenvalue weighted by Gasteiger charge is -2.19. The van der Waals surface area contributed by atoms with Crippen LogP contribution in [0.25, 0.3) is 11.4 Å². The highest BCUT2D eigenvalue weighted by Crippen LogP contribution is 2.37. The summed E-state index contributed by atoms with van der Waals surface area (Å²) >= 11 is 0. The molecule has 0 amide bonds. The van der Waals surface area contributed by atoms with E-state index in [-0.39, 0.29) is 19.1 Å². The van der Waals surface area contributed by atoms with Gasteiger partial charge in [-0.3, -0.25) is 4.79 Å². The number of hydrogen-bond donors (Lipinski definition) is 1. The van der Waals surface area contributed by atoms with Crippen molar-refractivity contribution in [2.75, 3.05) is 31.9 Å². The van der Waals surface area contributed by atoms with Crippen LogP contribution in [-0.2, 0) is 11.2 Å². The van der Waals surface area contributed by atoms with Gasteiger partial charge < -0.3 is 24.2 Å². The number of benzene rings is 2. The molecule has 0 radical (unpaired) electrons. The van der Waals surface area contributed by atoms with Gasteiger partial charge in [-0.15, -0.1) is 0 Å². The molecule has 8 nitrogen and oxygen atoms in total. The van der Waals surface area contributed by atoms with Gasteiger partial charge in [-0.1, -0.05) is 6.07 Å². The number of carboxylic acid groups (broad SMARTS) is 1. The van der Waals surface area contributed by atoms with E-state index in [1.807, 2.05) is 43.4 Å². The average molecular weight is 462 g/mol. The molecule has 0 saturated heterocycles. The Kier molecular flexibility index (Phi) is 6.20. The average Bonchev–Trinajstić information content (AvgIpc) is 3.47. The molecule has 0 fully saturated rings. The summed E-state index contributed by atoms with van der Waals surface area (Å²) in [5.74, 6) is 3.13. The minimum atomic E-state index is -0.742. The third-order valence-electron chi connectivity index (χ3n) is 6.31. The van der Waals surface area contributed by atoms with Crippen LogP contribution in [0.15, 0.2) is 48.7 Å². The number of aromatic nitrogens is 2. The molecule has 2 aromatic carbocycles. The lowest BCUT2D eigenvalue weighted by Crippen LogP contribution is -2.21. The molecule has 1 N–H and O–H groups in total. The summed E-state index contributed by atoms with van der Waals surface area (Å²) in [7, 11) is 2.00. The molecule has 5 rings (SSSR count). The SMILES string of the molecule is CN(CCCOc1ccc2c(c1)CC[C@H]2CC(=O)O)c1ccnc(-c2ccc3c(c2)OCO3)n1. The molecule has 1 atom stereocenters. The van der Waals surface area contributed by atoms with E-state index in [1.54, 1.807) is 6.20 Å². The molecule has 0 unspecified atom stereocenters. The van der Waals surface area contributed by atoms with Gasteiger partial charge in [0.25, 0.3) is 0 Å². The Morgan fingerprint density at radius 2 is 2.06 bits per heavy atom. The van der Waals surface area contributed by atoms with E-state index < -0.39 is 5.97 Å². The van der Waals surface area contributed by atoms with Crippen molar-refractivity contribution in [1.29, 1.82) is 0 Å². The predicted molar refractivity (Wildman–Crippen MR) is 127 cm³/mol. The Morgan fingerprint density at radius 3 is 2.94 bits per heavy atom. The molecule has 1 aliphatic carbocycles. The molecule has 1 aromatic heterocycles. The maximum absolute atomic E-state index is 11.0. The molecular formula is C26H27N3O5. The first-order valence-corrected chi connectivity index (χ1v) is 11.5. The summed E-state index contributed by atoms with van der Waals surface area (Å²) in [6, 6.07) is 13.6. The minimum Gasteiger partial charge on any atom is -0.494 e. The molecule has 34 heavy (non-hydrogen) atoms. The first-order chi connectivity index (χ1) is 16.6. The molecule has 1 aliphatic heterocycles. The van der Waals surface area contributed by atoms with Crippen LogP contribution in [0.3, 0.4) is 0 Å².